The second-order valence-electron chi connectivity index (χ2n) is 7.79. The minimum Gasteiger partial charge on any atom is -0.377 e. The molecule has 6 nitrogen and oxygen atoms in total. The molecule has 0 unspecified atom stereocenters. The molecule has 1 aromatic heterocycles. The van der Waals surface area contributed by atoms with E-state index in [1.165, 1.54) is 0 Å². The quantitative estimate of drug-likeness (QED) is 0.855. The summed E-state index contributed by atoms with van der Waals surface area (Å²) in [5, 5.41) is 4.18. The fraction of sp³-hybridized carbons (Fsp3) is 0.526. The van der Waals surface area contributed by atoms with Gasteiger partial charge in [-0.05, 0) is 36.1 Å². The summed E-state index contributed by atoms with van der Waals surface area (Å²) < 4.78 is 11.4. The molecular weight excluding hydrogens is 318 g/mol. The predicted molar refractivity (Wildman–Crippen MR) is 94.3 cm³/mol. The van der Waals surface area contributed by atoms with Crippen LogP contribution in [0.5, 0.6) is 0 Å². The van der Waals surface area contributed by atoms with Gasteiger partial charge in [0.2, 0.25) is 0 Å². The summed E-state index contributed by atoms with van der Waals surface area (Å²) in [5.74, 6) is 1.28. The maximum absolute atomic E-state index is 12.0. The molecular formula is C19H25N3O3. The van der Waals surface area contributed by atoms with Gasteiger partial charge < -0.3 is 14.2 Å². The molecule has 2 aromatic rings. The highest BCUT2D eigenvalue weighted by Crippen LogP contribution is 2.40. The topological polar surface area (TPSA) is 68.5 Å². The third kappa shape index (κ3) is 3.58. The standard InChI is InChI=1S/C19H25N3O3/c1-19(2,3)15-14(10-11-24-15)16-20-17(25-21-16)12-6-8-13(9-7-12)18(23)22(4)5/h6-9,14-15H,10-11H2,1-5H3/t14-,15-/m0/s1. The Balaban J connectivity index is 1.81. The molecule has 0 bridgehead atoms. The lowest BCUT2D eigenvalue weighted by Gasteiger charge is -2.29. The van der Waals surface area contributed by atoms with Gasteiger partial charge in [0.1, 0.15) is 0 Å². The number of hydrogen-bond acceptors (Lipinski definition) is 5. The Labute approximate surface area is 148 Å². The van der Waals surface area contributed by atoms with Crippen LogP contribution in [-0.4, -0.2) is 47.8 Å². The summed E-state index contributed by atoms with van der Waals surface area (Å²) in [6, 6.07) is 7.22. The van der Waals surface area contributed by atoms with Crippen LogP contribution in [0.3, 0.4) is 0 Å². The van der Waals surface area contributed by atoms with Crippen LogP contribution in [0, 0.1) is 5.41 Å². The summed E-state index contributed by atoms with van der Waals surface area (Å²) in [7, 11) is 3.46. The van der Waals surface area contributed by atoms with E-state index in [9.17, 15) is 4.79 Å². The average molecular weight is 343 g/mol. The zero-order valence-electron chi connectivity index (χ0n) is 15.4. The van der Waals surface area contributed by atoms with Crippen molar-refractivity contribution in [3.05, 3.63) is 35.7 Å². The van der Waals surface area contributed by atoms with E-state index in [2.05, 4.69) is 30.9 Å². The summed E-state index contributed by atoms with van der Waals surface area (Å²) >= 11 is 0. The lowest BCUT2D eigenvalue weighted by molar-refractivity contribution is 0.0193. The van der Waals surface area contributed by atoms with Crippen molar-refractivity contribution in [3.63, 3.8) is 0 Å². The molecule has 0 saturated carbocycles. The van der Waals surface area contributed by atoms with E-state index in [4.69, 9.17) is 9.26 Å². The molecule has 1 fully saturated rings. The highest BCUT2D eigenvalue weighted by Gasteiger charge is 2.40. The minimum absolute atomic E-state index is 0.0240. The molecule has 0 spiro atoms. The molecule has 3 rings (SSSR count). The Kier molecular flexibility index (Phi) is 4.64. The van der Waals surface area contributed by atoms with Gasteiger partial charge in [0.05, 0.1) is 12.0 Å². The number of aromatic nitrogens is 2. The Morgan fingerprint density at radius 3 is 2.48 bits per heavy atom. The molecule has 0 radical (unpaired) electrons. The van der Waals surface area contributed by atoms with Crippen molar-refractivity contribution in [1.29, 1.82) is 0 Å². The van der Waals surface area contributed by atoms with Gasteiger partial charge in [-0.15, -0.1) is 0 Å². The number of rotatable bonds is 3. The van der Waals surface area contributed by atoms with E-state index < -0.39 is 0 Å². The van der Waals surface area contributed by atoms with Crippen LogP contribution in [0.4, 0.5) is 0 Å². The normalized spacial score (nSPS) is 20.7. The molecule has 1 aliphatic heterocycles. The van der Waals surface area contributed by atoms with Crippen molar-refractivity contribution in [3.8, 4) is 11.5 Å². The van der Waals surface area contributed by atoms with E-state index in [0.29, 0.717) is 17.3 Å². The summed E-state index contributed by atoms with van der Waals surface area (Å²) in [6.45, 7) is 7.21. The lowest BCUT2D eigenvalue weighted by Crippen LogP contribution is -2.30. The number of hydrogen-bond donors (Lipinski definition) is 0. The first kappa shape index (κ1) is 17.6. The lowest BCUT2D eigenvalue weighted by atomic mass is 9.81. The molecule has 1 aliphatic rings. The molecule has 0 N–H and O–H groups in total. The Hall–Kier alpha value is -2.21. The largest absolute Gasteiger partial charge is 0.377 e. The number of nitrogens with zero attached hydrogens (tertiary/aromatic N) is 3. The third-order valence-corrected chi connectivity index (χ3v) is 4.50. The highest BCUT2D eigenvalue weighted by atomic mass is 16.5. The van der Waals surface area contributed by atoms with Crippen LogP contribution in [-0.2, 0) is 4.74 Å². The van der Waals surface area contributed by atoms with Crippen LogP contribution >= 0.6 is 0 Å². The van der Waals surface area contributed by atoms with E-state index >= 15 is 0 Å². The number of carbonyl (C=O) groups is 1. The van der Waals surface area contributed by atoms with Crippen molar-refractivity contribution < 1.29 is 14.1 Å². The summed E-state index contributed by atoms with van der Waals surface area (Å²) in [4.78, 5) is 18.1. The van der Waals surface area contributed by atoms with Crippen LogP contribution in [0.2, 0.25) is 0 Å². The van der Waals surface area contributed by atoms with Gasteiger partial charge in [-0.2, -0.15) is 4.98 Å². The monoisotopic (exact) mass is 343 g/mol. The SMILES string of the molecule is CN(C)C(=O)c1ccc(-c2nc([C@H]3CCO[C@@H]3C(C)(C)C)no2)cc1. The molecule has 6 heteroatoms. The second kappa shape index (κ2) is 6.59. The van der Waals surface area contributed by atoms with E-state index in [0.717, 1.165) is 18.6 Å². The van der Waals surface area contributed by atoms with Gasteiger partial charge in [-0.3, -0.25) is 4.79 Å². The van der Waals surface area contributed by atoms with Crippen LogP contribution in [0.15, 0.2) is 28.8 Å². The number of carbonyl (C=O) groups excluding carboxylic acids is 1. The van der Waals surface area contributed by atoms with E-state index in [1.807, 2.05) is 12.1 Å². The van der Waals surface area contributed by atoms with Gasteiger partial charge in [0.25, 0.3) is 11.8 Å². The summed E-state index contributed by atoms with van der Waals surface area (Å²) in [6.07, 6.45) is 0.982. The highest BCUT2D eigenvalue weighted by molar-refractivity contribution is 5.94. The molecule has 1 aromatic carbocycles. The number of ether oxygens (including phenoxy) is 1. The van der Waals surface area contributed by atoms with Crippen molar-refractivity contribution in [2.24, 2.45) is 5.41 Å². The second-order valence-corrected chi connectivity index (χ2v) is 7.79. The van der Waals surface area contributed by atoms with Crippen LogP contribution < -0.4 is 0 Å². The van der Waals surface area contributed by atoms with Crippen LogP contribution in [0.25, 0.3) is 11.5 Å². The average Bonchev–Trinajstić information content (AvgIpc) is 3.22. The van der Waals surface area contributed by atoms with E-state index in [-0.39, 0.29) is 23.3 Å². The van der Waals surface area contributed by atoms with Gasteiger partial charge >= 0.3 is 0 Å². The maximum Gasteiger partial charge on any atom is 0.257 e. The molecule has 1 saturated heterocycles. The van der Waals surface area contributed by atoms with E-state index in [1.54, 1.807) is 31.1 Å². The smallest absolute Gasteiger partial charge is 0.257 e. The minimum atomic E-state index is -0.0334. The Bertz CT molecular complexity index is 744. The molecule has 25 heavy (non-hydrogen) atoms. The first-order valence-corrected chi connectivity index (χ1v) is 8.54. The molecule has 0 aliphatic carbocycles. The number of benzene rings is 1. The van der Waals surface area contributed by atoms with Gasteiger partial charge in [-0.25, -0.2) is 0 Å². The Morgan fingerprint density at radius 2 is 1.88 bits per heavy atom. The molecule has 134 valence electrons. The van der Waals surface area contributed by atoms with Crippen molar-refractivity contribution >= 4 is 5.91 Å². The Morgan fingerprint density at radius 1 is 1.20 bits per heavy atom. The van der Waals surface area contributed by atoms with Crippen LogP contribution in [0.1, 0.15) is 49.3 Å². The zero-order valence-corrected chi connectivity index (χ0v) is 15.4. The molecule has 2 atom stereocenters. The first-order valence-electron chi connectivity index (χ1n) is 8.54. The van der Waals surface area contributed by atoms with Crippen molar-refractivity contribution in [2.75, 3.05) is 20.7 Å². The van der Waals surface area contributed by atoms with Crippen molar-refractivity contribution in [2.45, 2.75) is 39.2 Å². The van der Waals surface area contributed by atoms with Crippen molar-refractivity contribution in [1.82, 2.24) is 15.0 Å². The molecule has 1 amide bonds. The molecule has 2 heterocycles. The predicted octanol–water partition coefficient (Wildman–Crippen LogP) is 3.36. The fourth-order valence-corrected chi connectivity index (χ4v) is 3.22. The zero-order chi connectivity index (χ0) is 18.2. The van der Waals surface area contributed by atoms with Gasteiger partial charge in [-0.1, -0.05) is 25.9 Å². The number of amides is 1. The summed E-state index contributed by atoms with van der Waals surface area (Å²) in [5.41, 5.74) is 1.46. The maximum atomic E-state index is 12.0. The third-order valence-electron chi connectivity index (χ3n) is 4.50. The first-order chi connectivity index (χ1) is 11.8. The fourth-order valence-electron chi connectivity index (χ4n) is 3.22. The van der Waals surface area contributed by atoms with Gasteiger partial charge in [0.15, 0.2) is 5.82 Å². The van der Waals surface area contributed by atoms with Gasteiger partial charge in [0, 0.05) is 31.8 Å².